The molecule has 1 aliphatic carbocycles. The van der Waals surface area contributed by atoms with Crippen LogP contribution in [0.5, 0.6) is 0 Å². The fourth-order valence-corrected chi connectivity index (χ4v) is 3.10. The Labute approximate surface area is 123 Å². The third-order valence-electron chi connectivity index (χ3n) is 4.04. The Balaban J connectivity index is 2.03. The van der Waals surface area contributed by atoms with Crippen LogP contribution in [0.1, 0.15) is 58.2 Å². The molecule has 0 saturated heterocycles. The molecule has 1 aromatic heterocycles. The molecule has 2 rings (SSSR count). The van der Waals surface area contributed by atoms with Gasteiger partial charge in [-0.05, 0) is 52.9 Å². The van der Waals surface area contributed by atoms with Crippen LogP contribution in [-0.2, 0) is 0 Å². The molecule has 0 aliphatic heterocycles. The molecular weight excluding hydrogens is 312 g/mol. The standard InChI is InChI=1S/C14H20BrClN2/c1-14(2,3)10-6-4-9(5-7-10)13-17-8-11(15)12(16)18-13/h8-10H,4-7H2,1-3H3. The van der Waals surface area contributed by atoms with Crippen molar-refractivity contribution in [2.75, 3.05) is 0 Å². The summed E-state index contributed by atoms with van der Waals surface area (Å²) in [5.74, 6) is 2.21. The molecule has 0 spiro atoms. The molecular formula is C14H20BrClN2. The largest absolute Gasteiger partial charge is 0.240 e. The number of aromatic nitrogens is 2. The van der Waals surface area contributed by atoms with Gasteiger partial charge in [-0.3, -0.25) is 0 Å². The Morgan fingerprint density at radius 3 is 2.33 bits per heavy atom. The van der Waals surface area contributed by atoms with Crippen LogP contribution in [-0.4, -0.2) is 9.97 Å². The average Bonchev–Trinajstić information content (AvgIpc) is 2.32. The van der Waals surface area contributed by atoms with Gasteiger partial charge in [0.2, 0.25) is 0 Å². The third kappa shape index (κ3) is 3.24. The Bertz CT molecular complexity index is 420. The van der Waals surface area contributed by atoms with Crippen LogP contribution < -0.4 is 0 Å². The molecule has 1 saturated carbocycles. The topological polar surface area (TPSA) is 25.8 Å². The second-order valence-electron chi connectivity index (χ2n) is 6.28. The molecule has 0 N–H and O–H groups in total. The first-order valence-electron chi connectivity index (χ1n) is 6.56. The van der Waals surface area contributed by atoms with Gasteiger partial charge in [-0.1, -0.05) is 32.4 Å². The smallest absolute Gasteiger partial charge is 0.146 e. The lowest BCUT2D eigenvalue weighted by Gasteiger charge is -2.36. The Morgan fingerprint density at radius 2 is 1.83 bits per heavy atom. The predicted molar refractivity (Wildman–Crippen MR) is 78.9 cm³/mol. The van der Waals surface area contributed by atoms with E-state index in [4.69, 9.17) is 11.6 Å². The van der Waals surface area contributed by atoms with Crippen LogP contribution in [0.2, 0.25) is 5.15 Å². The SMILES string of the molecule is CC(C)(C)C1CCC(c2ncc(Br)c(Cl)n2)CC1. The quantitative estimate of drug-likeness (QED) is 0.660. The number of hydrogen-bond acceptors (Lipinski definition) is 2. The van der Waals surface area contributed by atoms with Gasteiger partial charge in [0, 0.05) is 12.1 Å². The predicted octanol–water partition coefficient (Wildman–Crippen LogP) is 5.21. The van der Waals surface area contributed by atoms with Gasteiger partial charge in [0.15, 0.2) is 0 Å². The van der Waals surface area contributed by atoms with E-state index in [-0.39, 0.29) is 0 Å². The second kappa shape index (κ2) is 5.46. The van der Waals surface area contributed by atoms with Crippen molar-refractivity contribution in [3.8, 4) is 0 Å². The van der Waals surface area contributed by atoms with E-state index in [9.17, 15) is 0 Å². The second-order valence-corrected chi connectivity index (χ2v) is 7.49. The highest BCUT2D eigenvalue weighted by Crippen LogP contribution is 2.42. The Hall–Kier alpha value is -0.150. The summed E-state index contributed by atoms with van der Waals surface area (Å²) < 4.78 is 0.774. The summed E-state index contributed by atoms with van der Waals surface area (Å²) >= 11 is 9.37. The molecule has 0 unspecified atom stereocenters. The summed E-state index contributed by atoms with van der Waals surface area (Å²) in [7, 11) is 0. The van der Waals surface area contributed by atoms with Gasteiger partial charge in [-0.25, -0.2) is 9.97 Å². The zero-order chi connectivity index (χ0) is 13.3. The van der Waals surface area contributed by atoms with Crippen LogP contribution in [0.4, 0.5) is 0 Å². The maximum Gasteiger partial charge on any atom is 0.146 e. The van der Waals surface area contributed by atoms with Crippen LogP contribution in [0.25, 0.3) is 0 Å². The monoisotopic (exact) mass is 330 g/mol. The Kier molecular flexibility index (Phi) is 4.32. The van der Waals surface area contributed by atoms with E-state index in [1.54, 1.807) is 6.20 Å². The molecule has 1 fully saturated rings. The van der Waals surface area contributed by atoms with E-state index in [1.807, 2.05) is 0 Å². The molecule has 0 bridgehead atoms. The number of hydrogen-bond donors (Lipinski definition) is 0. The van der Waals surface area contributed by atoms with Crippen LogP contribution in [0.3, 0.4) is 0 Å². The minimum atomic E-state index is 0.420. The maximum absolute atomic E-state index is 6.04. The molecule has 2 nitrogen and oxygen atoms in total. The molecule has 1 aromatic rings. The molecule has 1 heterocycles. The number of rotatable bonds is 1. The van der Waals surface area contributed by atoms with Crippen molar-refractivity contribution in [3.05, 3.63) is 21.6 Å². The van der Waals surface area contributed by atoms with Crippen molar-refractivity contribution in [1.82, 2.24) is 9.97 Å². The summed E-state index contributed by atoms with van der Waals surface area (Å²) in [5, 5.41) is 0.526. The highest BCUT2D eigenvalue weighted by atomic mass is 79.9. The molecule has 1 aliphatic rings. The van der Waals surface area contributed by atoms with Gasteiger partial charge in [0.05, 0.1) is 4.47 Å². The summed E-state index contributed by atoms with van der Waals surface area (Å²) in [6.07, 6.45) is 6.66. The van der Waals surface area contributed by atoms with Crippen molar-refractivity contribution in [1.29, 1.82) is 0 Å². The first kappa shape index (κ1) is 14.3. The van der Waals surface area contributed by atoms with Crippen molar-refractivity contribution in [2.45, 2.75) is 52.4 Å². The van der Waals surface area contributed by atoms with E-state index in [0.29, 0.717) is 16.5 Å². The summed E-state index contributed by atoms with van der Waals surface area (Å²) in [4.78, 5) is 8.80. The lowest BCUT2D eigenvalue weighted by atomic mass is 9.70. The lowest BCUT2D eigenvalue weighted by Crippen LogP contribution is -2.25. The molecule has 100 valence electrons. The first-order chi connectivity index (χ1) is 8.38. The average molecular weight is 332 g/mol. The molecule has 0 amide bonds. The molecule has 4 heteroatoms. The minimum absolute atomic E-state index is 0.420. The van der Waals surface area contributed by atoms with E-state index in [0.717, 1.165) is 16.2 Å². The summed E-state index contributed by atoms with van der Waals surface area (Å²) in [6, 6.07) is 0. The van der Waals surface area contributed by atoms with Gasteiger partial charge in [-0.15, -0.1) is 0 Å². The Morgan fingerprint density at radius 1 is 1.22 bits per heavy atom. The first-order valence-corrected chi connectivity index (χ1v) is 7.73. The number of nitrogens with zero attached hydrogens (tertiary/aromatic N) is 2. The molecule has 0 atom stereocenters. The fraction of sp³-hybridized carbons (Fsp3) is 0.714. The van der Waals surface area contributed by atoms with Crippen molar-refractivity contribution in [2.24, 2.45) is 11.3 Å². The summed E-state index contributed by atoms with van der Waals surface area (Å²) in [5.41, 5.74) is 0.420. The number of halogens is 2. The van der Waals surface area contributed by atoms with Gasteiger partial charge in [-0.2, -0.15) is 0 Å². The minimum Gasteiger partial charge on any atom is -0.240 e. The zero-order valence-electron chi connectivity index (χ0n) is 11.2. The van der Waals surface area contributed by atoms with E-state index >= 15 is 0 Å². The maximum atomic E-state index is 6.04. The van der Waals surface area contributed by atoms with Gasteiger partial charge in [0.25, 0.3) is 0 Å². The highest BCUT2D eigenvalue weighted by Gasteiger charge is 2.31. The van der Waals surface area contributed by atoms with E-state index < -0.39 is 0 Å². The van der Waals surface area contributed by atoms with E-state index in [2.05, 4.69) is 46.7 Å². The van der Waals surface area contributed by atoms with E-state index in [1.165, 1.54) is 25.7 Å². The summed E-state index contributed by atoms with van der Waals surface area (Å²) in [6.45, 7) is 7.01. The van der Waals surface area contributed by atoms with Crippen LogP contribution in [0.15, 0.2) is 10.7 Å². The zero-order valence-corrected chi connectivity index (χ0v) is 13.6. The van der Waals surface area contributed by atoms with Crippen molar-refractivity contribution >= 4 is 27.5 Å². The van der Waals surface area contributed by atoms with Crippen molar-refractivity contribution < 1.29 is 0 Å². The molecule has 0 radical (unpaired) electrons. The highest BCUT2D eigenvalue weighted by molar-refractivity contribution is 9.10. The van der Waals surface area contributed by atoms with Crippen LogP contribution in [0, 0.1) is 11.3 Å². The normalized spacial score (nSPS) is 25.2. The van der Waals surface area contributed by atoms with Crippen molar-refractivity contribution in [3.63, 3.8) is 0 Å². The third-order valence-corrected chi connectivity index (χ3v) is 5.13. The van der Waals surface area contributed by atoms with Gasteiger partial charge >= 0.3 is 0 Å². The van der Waals surface area contributed by atoms with Crippen LogP contribution >= 0.6 is 27.5 Å². The fourth-order valence-electron chi connectivity index (χ4n) is 2.77. The molecule has 18 heavy (non-hydrogen) atoms. The lowest BCUT2D eigenvalue weighted by molar-refractivity contribution is 0.167. The van der Waals surface area contributed by atoms with Gasteiger partial charge < -0.3 is 0 Å². The molecule has 0 aromatic carbocycles. The van der Waals surface area contributed by atoms with Gasteiger partial charge in [0.1, 0.15) is 11.0 Å².